The maximum atomic E-state index is 15.3. The van der Waals surface area contributed by atoms with Crippen molar-refractivity contribution >= 4 is 211 Å². The zero-order valence-corrected chi connectivity index (χ0v) is 75.6. The lowest BCUT2D eigenvalue weighted by Gasteiger charge is -2.33. The summed E-state index contributed by atoms with van der Waals surface area (Å²) in [6.07, 6.45) is -7.10. The highest BCUT2D eigenvalue weighted by molar-refractivity contribution is 6.37. The Morgan fingerprint density at radius 2 is 0.395 bits per heavy atom. The molecule has 48 heteroatoms. The van der Waals surface area contributed by atoms with E-state index in [0.717, 1.165) is 21.6 Å². The van der Waals surface area contributed by atoms with Crippen LogP contribution in [0.25, 0.3) is 0 Å². The van der Waals surface area contributed by atoms with Gasteiger partial charge in [0.05, 0.1) is 130 Å². The summed E-state index contributed by atoms with van der Waals surface area (Å²) in [4.78, 5) is 276. The highest BCUT2D eigenvalue weighted by Crippen LogP contribution is 2.26. The molecule has 0 aliphatic rings. The summed E-state index contributed by atoms with van der Waals surface area (Å²) in [5, 5.41) is 82.9. The Morgan fingerprint density at radius 1 is 0.233 bits per heavy atom. The maximum absolute atomic E-state index is 15.3. The van der Waals surface area contributed by atoms with Crippen molar-refractivity contribution < 1.29 is 137 Å². The largest absolute Gasteiger partial charge is 0.481 e. The Bertz CT molecular complexity index is 4760. The standard InChI is InChI=1S/C81H96Cl8N12O28/c1-50(102)39-91(26-14-74(114)115)64(104)41-95(27-15-75(116)117)68(108)44-97(29-17-77(120)121)70(110)46-99(31-19-79(124)125)72(112)48-101(33-21-81(128)129)73(113)49-100(32-20-80(126)127)71(111)47-98(30-18-78(122)123)69(109)45-96(28-16-76(118)119)67(107)43-94(25-13-54-5-9-58(85)37-62(54)89)66(106)42-93(24-12-53-4-8-57(84)36-61(53)88)65(105)40-92(23-11-52-3-7-56(83)35-60(52)87)63(103)38-90-22-10-51-2-6-55(82)34-59(51)86/h2-9,34-37,90H,10-33,38-49H2,1H3,(H,114,115)(H,116,117)(H,118,119)(H,120,121)(H,122,123)(H,124,125)(H,126,127)(H,128,129). The minimum Gasteiger partial charge on any atom is -0.481 e. The van der Waals surface area contributed by atoms with Crippen LogP contribution < -0.4 is 5.32 Å². The Morgan fingerprint density at radius 3 is 0.566 bits per heavy atom. The van der Waals surface area contributed by atoms with Crippen molar-refractivity contribution in [1.82, 2.24) is 59.2 Å². The van der Waals surface area contributed by atoms with Gasteiger partial charge in [0.2, 0.25) is 65.0 Å². The molecular weight excluding hydrogens is 1870 g/mol. The summed E-state index contributed by atoms with van der Waals surface area (Å²) in [5.41, 5.74) is 2.05. The quantitative estimate of drug-likeness (QED) is 0.0279. The molecule has 0 spiro atoms. The topological polar surface area (TPSA) is 551 Å². The third-order valence-corrected chi connectivity index (χ3v) is 21.5. The van der Waals surface area contributed by atoms with Crippen LogP contribution in [-0.2, 0) is 122 Å². The van der Waals surface area contributed by atoms with Crippen molar-refractivity contribution in [2.75, 3.05) is 157 Å². The first-order valence-electron chi connectivity index (χ1n) is 39.4. The molecule has 0 heterocycles. The first-order chi connectivity index (χ1) is 60.7. The molecule has 0 aromatic heterocycles. The van der Waals surface area contributed by atoms with E-state index in [0.29, 0.717) is 78.0 Å². The van der Waals surface area contributed by atoms with Crippen LogP contribution in [-0.4, -0.2) is 370 Å². The first-order valence-corrected chi connectivity index (χ1v) is 42.5. The van der Waals surface area contributed by atoms with Gasteiger partial charge in [0, 0.05) is 112 Å². The fourth-order valence-corrected chi connectivity index (χ4v) is 14.2. The average molecular weight is 1970 g/mol. The van der Waals surface area contributed by atoms with E-state index in [1.165, 1.54) is 41.3 Å². The van der Waals surface area contributed by atoms with Gasteiger partial charge in [-0.1, -0.05) is 117 Å². The van der Waals surface area contributed by atoms with Crippen molar-refractivity contribution in [3.8, 4) is 0 Å². The van der Waals surface area contributed by atoms with Gasteiger partial charge in [-0.05, 0) is 110 Å². The summed E-state index contributed by atoms with van der Waals surface area (Å²) in [7, 11) is 0. The Hall–Kier alpha value is -11.2. The van der Waals surface area contributed by atoms with Crippen LogP contribution in [0.5, 0.6) is 0 Å². The van der Waals surface area contributed by atoms with Gasteiger partial charge in [0.25, 0.3) is 0 Å². The zero-order chi connectivity index (χ0) is 96.5. The Labute approximate surface area is 778 Å². The predicted molar refractivity (Wildman–Crippen MR) is 465 cm³/mol. The van der Waals surface area contributed by atoms with E-state index in [4.69, 9.17) is 92.8 Å². The monoisotopic (exact) mass is 1960 g/mol. The number of rotatable bonds is 60. The zero-order valence-electron chi connectivity index (χ0n) is 69.6. The van der Waals surface area contributed by atoms with Gasteiger partial charge in [0.15, 0.2) is 0 Å². The Balaban J connectivity index is 1.75. The first kappa shape index (κ1) is 110. The van der Waals surface area contributed by atoms with Crippen LogP contribution in [0.3, 0.4) is 0 Å². The molecule has 0 aliphatic heterocycles. The number of carboxylic acid groups (broad SMARTS) is 8. The molecular formula is C81H96Cl8N12O28. The van der Waals surface area contributed by atoms with E-state index in [-0.39, 0.29) is 70.6 Å². The maximum Gasteiger partial charge on any atom is 0.305 e. The highest BCUT2D eigenvalue weighted by atomic mass is 35.5. The number of amides is 11. The summed E-state index contributed by atoms with van der Waals surface area (Å²) < 4.78 is 0. The molecule has 0 atom stereocenters. The molecule has 4 aromatic rings. The molecule has 0 saturated heterocycles. The molecule has 4 aromatic carbocycles. The number of benzene rings is 4. The molecule has 4 rings (SSSR count). The number of aliphatic carboxylic acids is 8. The summed E-state index contributed by atoms with van der Waals surface area (Å²) >= 11 is 51.0. The number of nitrogens with zero attached hydrogens (tertiary/aromatic N) is 11. The lowest BCUT2D eigenvalue weighted by Crippen LogP contribution is -2.53. The van der Waals surface area contributed by atoms with Gasteiger partial charge >= 0.3 is 47.8 Å². The van der Waals surface area contributed by atoms with Crippen LogP contribution >= 0.6 is 92.8 Å². The van der Waals surface area contributed by atoms with Crippen LogP contribution in [0.4, 0.5) is 0 Å². The van der Waals surface area contributed by atoms with Crippen molar-refractivity contribution in [2.45, 2.75) is 84.0 Å². The van der Waals surface area contributed by atoms with Gasteiger partial charge in [0.1, 0.15) is 5.78 Å². The number of nitrogens with one attached hydrogen (secondary N) is 1. The van der Waals surface area contributed by atoms with Gasteiger partial charge in [-0.25, -0.2) is 0 Å². The number of carbonyl (C=O) groups is 20. The number of halogens is 8. The molecule has 129 heavy (non-hydrogen) atoms. The number of carbonyl (C=O) groups excluding carboxylic acids is 12. The summed E-state index contributed by atoms with van der Waals surface area (Å²) in [6, 6.07) is 18.5. The summed E-state index contributed by atoms with van der Waals surface area (Å²) in [5.74, 6) is -25.8. The molecule has 0 bridgehead atoms. The molecule has 0 unspecified atom stereocenters. The average Bonchev–Trinajstić information content (AvgIpc) is 0.846. The lowest BCUT2D eigenvalue weighted by atomic mass is 10.1. The molecule has 0 radical (unpaired) electrons. The van der Waals surface area contributed by atoms with Crippen LogP contribution in [0.1, 0.15) is 80.5 Å². The van der Waals surface area contributed by atoms with Crippen LogP contribution in [0, 0.1) is 0 Å². The molecule has 11 amide bonds. The molecule has 9 N–H and O–H groups in total. The SMILES string of the molecule is CC(=O)CN(CCC(=O)O)C(=O)CN(CCC(=O)O)C(=O)CN(CCC(=O)O)C(=O)CN(CCC(=O)O)C(=O)CN(CCC(=O)O)C(=O)CN(CCC(=O)O)C(=O)CN(CCC(=O)O)C(=O)CN(CCC(=O)O)C(=O)CN(CCc1ccc(Cl)cc1Cl)C(=O)CN(CCc1ccc(Cl)cc1Cl)C(=O)CN(CCc1ccc(Cl)cc1Cl)C(=O)CNCCc1ccc(Cl)cc1Cl. The molecule has 0 fully saturated rings. The third-order valence-electron chi connectivity index (χ3n) is 19.2. The van der Waals surface area contributed by atoms with Crippen LogP contribution in [0.2, 0.25) is 40.2 Å². The van der Waals surface area contributed by atoms with Gasteiger partial charge < -0.3 is 100 Å². The van der Waals surface area contributed by atoms with Crippen molar-refractivity contribution in [3.05, 3.63) is 135 Å². The summed E-state index contributed by atoms with van der Waals surface area (Å²) in [6.45, 7) is -18.5. The minimum atomic E-state index is -1.63. The predicted octanol–water partition coefficient (Wildman–Crippen LogP) is 4.28. The fraction of sp³-hybridized carbons (Fsp3) is 0.457. The Kier molecular flexibility index (Phi) is 48.0. The molecule has 0 aliphatic carbocycles. The smallest absolute Gasteiger partial charge is 0.305 e. The molecule has 0 saturated carbocycles. The van der Waals surface area contributed by atoms with Crippen molar-refractivity contribution in [2.24, 2.45) is 0 Å². The third kappa shape index (κ3) is 42.3. The fourth-order valence-electron chi connectivity index (χ4n) is 12.2. The van der Waals surface area contributed by atoms with Crippen molar-refractivity contribution in [1.29, 1.82) is 0 Å². The van der Waals surface area contributed by atoms with E-state index in [2.05, 4.69) is 5.32 Å². The highest BCUT2D eigenvalue weighted by Gasteiger charge is 2.35. The van der Waals surface area contributed by atoms with Gasteiger partial charge in [-0.3, -0.25) is 95.9 Å². The van der Waals surface area contributed by atoms with Gasteiger partial charge in [-0.2, -0.15) is 0 Å². The van der Waals surface area contributed by atoms with E-state index in [1.54, 1.807) is 36.4 Å². The van der Waals surface area contributed by atoms with Crippen LogP contribution in [0.15, 0.2) is 72.8 Å². The normalized spacial score (nSPS) is 10.8. The molecule has 704 valence electrons. The second-order valence-electron chi connectivity index (χ2n) is 28.9. The number of hydrogen-bond donors (Lipinski definition) is 9. The second-order valence-corrected chi connectivity index (χ2v) is 32.3. The van der Waals surface area contributed by atoms with Gasteiger partial charge in [-0.15, -0.1) is 0 Å². The number of carboxylic acids is 8. The number of hydrogen-bond acceptors (Lipinski definition) is 21. The van der Waals surface area contributed by atoms with E-state index < -0.39 is 301 Å². The molecule has 40 nitrogen and oxygen atoms in total. The number of Topliss-reactive ketones (excluding diaryl/α,β-unsaturated/α-hetero) is 1. The lowest BCUT2D eigenvalue weighted by molar-refractivity contribution is -0.151. The van der Waals surface area contributed by atoms with E-state index in [1.807, 2.05) is 0 Å². The number of ketones is 1. The van der Waals surface area contributed by atoms with E-state index in [9.17, 15) is 122 Å². The second kappa shape index (κ2) is 56.3. The van der Waals surface area contributed by atoms with Crippen molar-refractivity contribution in [3.63, 3.8) is 0 Å². The minimum absolute atomic E-state index is 0.0505. The van der Waals surface area contributed by atoms with E-state index >= 15 is 14.4 Å².